The number of halogens is 1. The number of hydrogen-bond acceptors (Lipinski definition) is 2. The van der Waals surface area contributed by atoms with Crippen molar-refractivity contribution in [3.63, 3.8) is 0 Å². The highest BCUT2D eigenvalue weighted by Crippen LogP contribution is 2.08. The minimum atomic E-state index is -0.189. The maximum atomic E-state index is 13.4. The van der Waals surface area contributed by atoms with Crippen LogP contribution in [0.15, 0.2) is 24.3 Å². The third-order valence-corrected chi connectivity index (χ3v) is 2.85. The summed E-state index contributed by atoms with van der Waals surface area (Å²) < 4.78 is 19.0. The van der Waals surface area contributed by atoms with Gasteiger partial charge in [0.1, 0.15) is 5.82 Å². The number of rotatable bonds is 9. The van der Waals surface area contributed by atoms with E-state index in [1.54, 1.807) is 12.1 Å². The van der Waals surface area contributed by atoms with Crippen molar-refractivity contribution in [3.05, 3.63) is 35.6 Å². The lowest BCUT2D eigenvalue weighted by Crippen LogP contribution is -2.33. The lowest BCUT2D eigenvalue weighted by Gasteiger charge is -2.18. The van der Waals surface area contributed by atoms with Crippen LogP contribution in [0.4, 0.5) is 4.39 Å². The second-order valence-corrected chi connectivity index (χ2v) is 4.55. The van der Waals surface area contributed by atoms with Crippen LogP contribution in [0.5, 0.6) is 0 Å². The van der Waals surface area contributed by atoms with Gasteiger partial charge < -0.3 is 10.1 Å². The van der Waals surface area contributed by atoms with Crippen molar-refractivity contribution in [2.75, 3.05) is 13.2 Å². The van der Waals surface area contributed by atoms with Gasteiger partial charge in [-0.15, -0.1) is 0 Å². The van der Waals surface area contributed by atoms with E-state index in [4.69, 9.17) is 4.74 Å². The van der Waals surface area contributed by atoms with Gasteiger partial charge in [0.15, 0.2) is 0 Å². The molecule has 18 heavy (non-hydrogen) atoms. The topological polar surface area (TPSA) is 21.3 Å². The molecule has 0 heterocycles. The molecule has 0 amide bonds. The first-order chi connectivity index (χ1) is 8.77. The maximum Gasteiger partial charge on any atom is 0.128 e. The van der Waals surface area contributed by atoms with Gasteiger partial charge in [0.05, 0.1) is 13.2 Å². The first-order valence-electron chi connectivity index (χ1n) is 6.82. The summed E-state index contributed by atoms with van der Waals surface area (Å²) in [4.78, 5) is 0. The fourth-order valence-corrected chi connectivity index (χ4v) is 1.87. The maximum absolute atomic E-state index is 13.4. The highest BCUT2D eigenvalue weighted by atomic mass is 19.1. The standard InChI is InChI=1S/C15H24FNO/c1-3-7-14(17-10-4-2)12-18-11-13-8-5-6-9-15(13)16/h5-6,8-9,14,17H,3-4,7,10-12H2,1-2H3. The van der Waals surface area contributed by atoms with E-state index >= 15 is 0 Å². The molecule has 1 rings (SSSR count). The Kier molecular flexibility index (Phi) is 7.62. The lowest BCUT2D eigenvalue weighted by atomic mass is 10.2. The zero-order valence-corrected chi connectivity index (χ0v) is 11.4. The number of nitrogens with one attached hydrogen (secondary N) is 1. The van der Waals surface area contributed by atoms with Crippen LogP contribution < -0.4 is 5.32 Å². The zero-order valence-electron chi connectivity index (χ0n) is 11.4. The molecule has 0 aliphatic rings. The molecule has 102 valence electrons. The molecule has 2 nitrogen and oxygen atoms in total. The van der Waals surface area contributed by atoms with E-state index in [9.17, 15) is 4.39 Å². The average molecular weight is 253 g/mol. The summed E-state index contributed by atoms with van der Waals surface area (Å²) in [7, 11) is 0. The molecule has 0 saturated carbocycles. The van der Waals surface area contributed by atoms with Gasteiger partial charge >= 0.3 is 0 Å². The van der Waals surface area contributed by atoms with E-state index in [1.165, 1.54) is 6.07 Å². The Bertz CT molecular complexity index is 330. The predicted molar refractivity (Wildman–Crippen MR) is 73.0 cm³/mol. The van der Waals surface area contributed by atoms with E-state index in [0.717, 1.165) is 25.8 Å². The molecule has 0 saturated heterocycles. The molecule has 0 aliphatic carbocycles. The molecular formula is C15H24FNO. The molecule has 0 aliphatic heterocycles. The smallest absolute Gasteiger partial charge is 0.128 e. The van der Waals surface area contributed by atoms with Crippen LogP contribution in [0.25, 0.3) is 0 Å². The van der Waals surface area contributed by atoms with Crippen molar-refractivity contribution in [1.29, 1.82) is 0 Å². The highest BCUT2D eigenvalue weighted by molar-refractivity contribution is 5.16. The van der Waals surface area contributed by atoms with Crippen molar-refractivity contribution in [2.24, 2.45) is 0 Å². The van der Waals surface area contributed by atoms with Gasteiger partial charge in [-0.1, -0.05) is 38.5 Å². The van der Waals surface area contributed by atoms with Crippen molar-refractivity contribution in [3.8, 4) is 0 Å². The second kappa shape index (κ2) is 9.06. The highest BCUT2D eigenvalue weighted by Gasteiger charge is 2.07. The largest absolute Gasteiger partial charge is 0.375 e. The molecule has 1 aromatic rings. The molecule has 0 spiro atoms. The van der Waals surface area contributed by atoms with Gasteiger partial charge in [0.25, 0.3) is 0 Å². The van der Waals surface area contributed by atoms with Gasteiger partial charge in [-0.25, -0.2) is 4.39 Å². The Labute approximate surface area is 110 Å². The minimum Gasteiger partial charge on any atom is -0.375 e. The fourth-order valence-electron chi connectivity index (χ4n) is 1.87. The molecule has 1 N–H and O–H groups in total. The predicted octanol–water partition coefficient (Wildman–Crippen LogP) is 3.51. The molecule has 0 fully saturated rings. The molecule has 0 aromatic heterocycles. The van der Waals surface area contributed by atoms with Crippen LogP contribution >= 0.6 is 0 Å². The SMILES string of the molecule is CCCNC(CCC)COCc1ccccc1F. The first kappa shape index (κ1) is 15.1. The summed E-state index contributed by atoms with van der Waals surface area (Å²) in [6.07, 6.45) is 3.34. The van der Waals surface area contributed by atoms with Crippen molar-refractivity contribution in [2.45, 2.75) is 45.8 Å². The number of hydrogen-bond donors (Lipinski definition) is 1. The third kappa shape index (κ3) is 5.61. The molecule has 1 aromatic carbocycles. The Morgan fingerprint density at radius 1 is 1.22 bits per heavy atom. The third-order valence-electron chi connectivity index (χ3n) is 2.85. The Balaban J connectivity index is 2.31. The van der Waals surface area contributed by atoms with E-state index in [2.05, 4.69) is 19.2 Å². The normalized spacial score (nSPS) is 12.6. The van der Waals surface area contributed by atoms with Crippen LogP contribution in [-0.2, 0) is 11.3 Å². The van der Waals surface area contributed by atoms with E-state index < -0.39 is 0 Å². The van der Waals surface area contributed by atoms with Gasteiger partial charge in [-0.05, 0) is 25.5 Å². The van der Waals surface area contributed by atoms with Crippen LogP contribution in [0.2, 0.25) is 0 Å². The van der Waals surface area contributed by atoms with E-state index in [0.29, 0.717) is 24.8 Å². The van der Waals surface area contributed by atoms with Crippen LogP contribution in [-0.4, -0.2) is 19.2 Å². The molecule has 0 radical (unpaired) electrons. The van der Waals surface area contributed by atoms with E-state index in [-0.39, 0.29) is 5.82 Å². The molecule has 3 heteroatoms. The molecule has 1 unspecified atom stereocenters. The summed E-state index contributed by atoms with van der Waals surface area (Å²) in [5.41, 5.74) is 0.628. The summed E-state index contributed by atoms with van der Waals surface area (Å²) in [5.74, 6) is -0.189. The second-order valence-electron chi connectivity index (χ2n) is 4.55. The van der Waals surface area contributed by atoms with Crippen molar-refractivity contribution < 1.29 is 9.13 Å². The summed E-state index contributed by atoms with van der Waals surface area (Å²) in [5, 5.41) is 3.45. The Hall–Kier alpha value is -0.930. The number of benzene rings is 1. The molecule has 1 atom stereocenters. The van der Waals surface area contributed by atoms with Crippen LogP contribution in [0, 0.1) is 5.82 Å². The average Bonchev–Trinajstić information content (AvgIpc) is 2.38. The monoisotopic (exact) mass is 253 g/mol. The summed E-state index contributed by atoms with van der Waals surface area (Å²) in [6, 6.07) is 7.14. The number of ether oxygens (including phenoxy) is 1. The van der Waals surface area contributed by atoms with Gasteiger partial charge in [-0.3, -0.25) is 0 Å². The quantitative estimate of drug-likeness (QED) is 0.727. The Morgan fingerprint density at radius 2 is 2.00 bits per heavy atom. The minimum absolute atomic E-state index is 0.189. The lowest BCUT2D eigenvalue weighted by molar-refractivity contribution is 0.0941. The van der Waals surface area contributed by atoms with Crippen LogP contribution in [0.3, 0.4) is 0 Å². The fraction of sp³-hybridized carbons (Fsp3) is 0.600. The molecule has 0 bridgehead atoms. The van der Waals surface area contributed by atoms with Gasteiger partial charge in [0, 0.05) is 11.6 Å². The van der Waals surface area contributed by atoms with Crippen LogP contribution in [0.1, 0.15) is 38.7 Å². The van der Waals surface area contributed by atoms with Crippen molar-refractivity contribution >= 4 is 0 Å². The summed E-state index contributed by atoms with van der Waals surface area (Å²) >= 11 is 0. The first-order valence-corrected chi connectivity index (χ1v) is 6.82. The van der Waals surface area contributed by atoms with Crippen molar-refractivity contribution in [1.82, 2.24) is 5.32 Å². The van der Waals surface area contributed by atoms with Gasteiger partial charge in [0.2, 0.25) is 0 Å². The van der Waals surface area contributed by atoms with Gasteiger partial charge in [-0.2, -0.15) is 0 Å². The zero-order chi connectivity index (χ0) is 13.2. The summed E-state index contributed by atoms with van der Waals surface area (Å²) in [6.45, 7) is 6.31. The molecular weight excluding hydrogens is 229 g/mol. The Morgan fingerprint density at radius 3 is 2.67 bits per heavy atom. The van der Waals surface area contributed by atoms with E-state index in [1.807, 2.05) is 6.07 Å².